The second kappa shape index (κ2) is 9.60. The summed E-state index contributed by atoms with van der Waals surface area (Å²) in [5.74, 6) is -2.91. The molecule has 1 heterocycles. The Bertz CT molecular complexity index is 1010. The van der Waals surface area contributed by atoms with E-state index in [0.717, 1.165) is 12.1 Å². The highest BCUT2D eigenvalue weighted by Gasteiger charge is 2.38. The van der Waals surface area contributed by atoms with Gasteiger partial charge in [-0.2, -0.15) is 0 Å². The summed E-state index contributed by atoms with van der Waals surface area (Å²) in [5, 5.41) is 0.427. The van der Waals surface area contributed by atoms with Gasteiger partial charge in [-0.3, -0.25) is 4.79 Å². The van der Waals surface area contributed by atoms with Crippen LogP contribution in [0.25, 0.3) is 0 Å². The summed E-state index contributed by atoms with van der Waals surface area (Å²) in [6.45, 7) is 5.31. The number of benzene rings is 2. The van der Waals surface area contributed by atoms with Gasteiger partial charge in [0.1, 0.15) is 11.6 Å². The minimum absolute atomic E-state index is 0.0662. The van der Waals surface area contributed by atoms with Crippen LogP contribution in [0.15, 0.2) is 53.7 Å². The second-order valence-corrected chi connectivity index (χ2v) is 8.36. The number of hydrogen-bond acceptors (Lipinski definition) is 3. The van der Waals surface area contributed by atoms with E-state index in [1.54, 1.807) is 31.2 Å². The fourth-order valence-electron chi connectivity index (χ4n) is 3.65. The predicted octanol–water partition coefficient (Wildman–Crippen LogP) is 5.61. The van der Waals surface area contributed by atoms with Crippen molar-refractivity contribution in [1.82, 2.24) is 4.90 Å². The smallest absolute Gasteiger partial charge is 0.336 e. The number of nitrogens with zero attached hydrogens (tertiary/aromatic N) is 1. The third kappa shape index (κ3) is 4.96. The van der Waals surface area contributed by atoms with E-state index < -0.39 is 23.5 Å². The van der Waals surface area contributed by atoms with Crippen LogP contribution < -0.4 is 0 Å². The molecule has 0 aliphatic carbocycles. The van der Waals surface area contributed by atoms with Crippen LogP contribution in [-0.2, 0) is 20.9 Å². The lowest BCUT2D eigenvalue weighted by atomic mass is 9.83. The molecule has 0 radical (unpaired) electrons. The first-order chi connectivity index (χ1) is 14.7. The molecule has 1 atom stereocenters. The fraction of sp³-hybridized carbons (Fsp3) is 0.333. The van der Waals surface area contributed by atoms with Gasteiger partial charge in [0.05, 0.1) is 18.7 Å². The number of ether oxygens (including phenoxy) is 1. The first-order valence-corrected chi connectivity index (χ1v) is 10.4. The molecule has 0 N–H and O–H groups in total. The molecule has 7 heteroatoms. The number of rotatable bonds is 6. The zero-order valence-electron chi connectivity index (χ0n) is 17.6. The lowest BCUT2D eigenvalue weighted by molar-refractivity contribution is -0.141. The molecule has 3 rings (SSSR count). The van der Waals surface area contributed by atoms with Crippen LogP contribution in [0.3, 0.4) is 0 Å². The maximum atomic E-state index is 14.2. The van der Waals surface area contributed by atoms with E-state index in [1.165, 1.54) is 11.0 Å². The lowest BCUT2D eigenvalue weighted by Crippen LogP contribution is -2.38. The molecular formula is C24H24ClF2NO3. The van der Waals surface area contributed by atoms with Gasteiger partial charge in [0.25, 0.3) is 0 Å². The first kappa shape index (κ1) is 22.9. The van der Waals surface area contributed by atoms with Crippen LogP contribution in [-0.4, -0.2) is 23.4 Å². The van der Waals surface area contributed by atoms with Gasteiger partial charge in [-0.15, -0.1) is 0 Å². The molecule has 2 aromatic rings. The SMILES string of the molecule is CC1=C(C(=O)OCC(C)C)C(c2ccccc2Cl)CC(=O)N1Cc1c(F)cccc1F. The number of esters is 1. The van der Waals surface area contributed by atoms with Crippen molar-refractivity contribution in [3.05, 3.63) is 81.5 Å². The summed E-state index contributed by atoms with van der Waals surface area (Å²) < 4.78 is 33.9. The van der Waals surface area contributed by atoms with Gasteiger partial charge in [0.15, 0.2) is 0 Å². The molecule has 31 heavy (non-hydrogen) atoms. The van der Waals surface area contributed by atoms with Crippen LogP contribution in [0.4, 0.5) is 8.78 Å². The van der Waals surface area contributed by atoms with E-state index in [4.69, 9.17) is 16.3 Å². The molecule has 0 saturated carbocycles. The number of allylic oxidation sites excluding steroid dienone is 1. The quantitative estimate of drug-likeness (QED) is 0.541. The zero-order valence-corrected chi connectivity index (χ0v) is 18.4. The summed E-state index contributed by atoms with van der Waals surface area (Å²) in [5.41, 5.74) is 0.967. The summed E-state index contributed by atoms with van der Waals surface area (Å²) in [6.07, 6.45) is -0.0662. The summed E-state index contributed by atoms with van der Waals surface area (Å²) in [7, 11) is 0. The van der Waals surface area contributed by atoms with E-state index in [0.29, 0.717) is 16.3 Å². The minimum atomic E-state index is -0.752. The standard InChI is InChI=1S/C24H24ClF2NO3/c1-14(2)13-31-24(30)23-15(3)28(12-18-20(26)9-6-10-21(18)27)22(29)11-17(23)16-7-4-5-8-19(16)25/h4-10,14,17H,11-13H2,1-3H3. The Labute approximate surface area is 185 Å². The molecule has 0 fully saturated rings. The molecule has 0 aromatic heterocycles. The van der Waals surface area contributed by atoms with E-state index >= 15 is 0 Å². The van der Waals surface area contributed by atoms with E-state index in [2.05, 4.69) is 0 Å². The summed E-state index contributed by atoms with van der Waals surface area (Å²) >= 11 is 6.36. The Morgan fingerprint density at radius 2 is 1.81 bits per heavy atom. The highest BCUT2D eigenvalue weighted by molar-refractivity contribution is 6.31. The van der Waals surface area contributed by atoms with Crippen molar-refractivity contribution < 1.29 is 23.1 Å². The molecular weight excluding hydrogens is 424 g/mol. The Hall–Kier alpha value is -2.73. The van der Waals surface area contributed by atoms with Crippen molar-refractivity contribution >= 4 is 23.5 Å². The van der Waals surface area contributed by atoms with Crippen molar-refractivity contribution in [2.45, 2.75) is 39.7 Å². The van der Waals surface area contributed by atoms with E-state index in [-0.39, 0.29) is 42.5 Å². The van der Waals surface area contributed by atoms with Crippen LogP contribution in [0.5, 0.6) is 0 Å². The Morgan fingerprint density at radius 3 is 2.42 bits per heavy atom. The van der Waals surface area contributed by atoms with E-state index in [9.17, 15) is 18.4 Å². The van der Waals surface area contributed by atoms with Crippen LogP contribution in [0, 0.1) is 17.6 Å². The van der Waals surface area contributed by atoms with Crippen molar-refractivity contribution in [2.75, 3.05) is 6.61 Å². The largest absolute Gasteiger partial charge is 0.462 e. The Balaban J connectivity index is 2.07. The topological polar surface area (TPSA) is 46.6 Å². The molecule has 4 nitrogen and oxygen atoms in total. The number of hydrogen-bond donors (Lipinski definition) is 0. The first-order valence-electron chi connectivity index (χ1n) is 10.1. The minimum Gasteiger partial charge on any atom is -0.462 e. The average Bonchev–Trinajstić information content (AvgIpc) is 2.71. The van der Waals surface area contributed by atoms with Crippen LogP contribution in [0.1, 0.15) is 44.2 Å². The third-order valence-electron chi connectivity index (χ3n) is 5.25. The van der Waals surface area contributed by atoms with Crippen molar-refractivity contribution in [3.8, 4) is 0 Å². The van der Waals surface area contributed by atoms with Crippen molar-refractivity contribution in [3.63, 3.8) is 0 Å². The van der Waals surface area contributed by atoms with Gasteiger partial charge >= 0.3 is 5.97 Å². The lowest BCUT2D eigenvalue weighted by Gasteiger charge is -2.35. The van der Waals surface area contributed by atoms with Crippen molar-refractivity contribution in [2.24, 2.45) is 5.92 Å². The normalized spacial score (nSPS) is 16.8. The van der Waals surface area contributed by atoms with Gasteiger partial charge in [-0.1, -0.05) is 49.7 Å². The monoisotopic (exact) mass is 447 g/mol. The molecule has 1 aliphatic rings. The fourth-order valence-corrected chi connectivity index (χ4v) is 3.92. The highest BCUT2D eigenvalue weighted by Crippen LogP contribution is 2.40. The van der Waals surface area contributed by atoms with Crippen molar-refractivity contribution in [1.29, 1.82) is 0 Å². The zero-order chi connectivity index (χ0) is 22.7. The maximum absolute atomic E-state index is 14.2. The van der Waals surface area contributed by atoms with Gasteiger partial charge in [0.2, 0.25) is 5.91 Å². The number of carbonyl (C=O) groups excluding carboxylic acids is 2. The molecule has 0 spiro atoms. The highest BCUT2D eigenvalue weighted by atomic mass is 35.5. The molecule has 164 valence electrons. The molecule has 1 aliphatic heterocycles. The van der Waals surface area contributed by atoms with E-state index in [1.807, 2.05) is 13.8 Å². The Morgan fingerprint density at radius 1 is 1.16 bits per heavy atom. The van der Waals surface area contributed by atoms with Crippen LogP contribution >= 0.6 is 11.6 Å². The van der Waals surface area contributed by atoms with Gasteiger partial charge in [0, 0.05) is 28.6 Å². The molecule has 0 bridgehead atoms. The molecule has 2 aromatic carbocycles. The average molecular weight is 448 g/mol. The second-order valence-electron chi connectivity index (χ2n) is 7.95. The summed E-state index contributed by atoms with van der Waals surface area (Å²) in [6, 6.07) is 10.5. The molecule has 1 unspecified atom stereocenters. The van der Waals surface area contributed by atoms with Gasteiger partial charge in [-0.05, 0) is 36.6 Å². The van der Waals surface area contributed by atoms with Crippen LogP contribution in [0.2, 0.25) is 5.02 Å². The summed E-state index contributed by atoms with van der Waals surface area (Å²) in [4.78, 5) is 27.3. The van der Waals surface area contributed by atoms with Gasteiger partial charge in [-0.25, -0.2) is 13.6 Å². The number of carbonyl (C=O) groups is 2. The Kier molecular flexibility index (Phi) is 7.11. The third-order valence-corrected chi connectivity index (χ3v) is 5.59. The maximum Gasteiger partial charge on any atom is 0.336 e. The number of amides is 1. The number of halogens is 3. The molecule has 0 saturated heterocycles. The van der Waals surface area contributed by atoms with Gasteiger partial charge < -0.3 is 9.64 Å². The molecule has 1 amide bonds. The predicted molar refractivity (Wildman–Crippen MR) is 114 cm³/mol.